The van der Waals surface area contributed by atoms with Crippen molar-refractivity contribution in [3.63, 3.8) is 0 Å². The molecular weight excluding hydrogens is 330 g/mol. The van der Waals surface area contributed by atoms with Crippen molar-refractivity contribution >= 4 is 26.0 Å². The van der Waals surface area contributed by atoms with Crippen LogP contribution in [-0.4, -0.2) is 20.8 Å². The molecule has 1 saturated carbocycles. The van der Waals surface area contributed by atoms with E-state index in [1.54, 1.807) is 0 Å². The van der Waals surface area contributed by atoms with E-state index in [0.29, 0.717) is 6.61 Å². The summed E-state index contributed by atoms with van der Waals surface area (Å²) in [6, 6.07) is 7.55. The molecule has 19 heavy (non-hydrogen) atoms. The van der Waals surface area contributed by atoms with Gasteiger partial charge in [0.25, 0.3) is 0 Å². The second-order valence-electron chi connectivity index (χ2n) is 5.26. The number of sulfonamides is 1. The standard InChI is InChI=1S/C13H18BrNO3S/c14-11-4-3-5-12(8-11)18-9-13(6-1-2-7-13)10-19(15,16)17/h3-5,8H,1-2,6-7,9-10H2,(H2,15,16,17). The maximum atomic E-state index is 11.4. The molecule has 0 aromatic heterocycles. The highest BCUT2D eigenvalue weighted by atomic mass is 79.9. The van der Waals surface area contributed by atoms with E-state index in [2.05, 4.69) is 15.9 Å². The van der Waals surface area contributed by atoms with E-state index in [4.69, 9.17) is 9.88 Å². The van der Waals surface area contributed by atoms with Crippen LogP contribution in [0.15, 0.2) is 28.7 Å². The molecule has 0 bridgehead atoms. The van der Waals surface area contributed by atoms with Crippen LogP contribution in [-0.2, 0) is 10.0 Å². The number of hydrogen-bond acceptors (Lipinski definition) is 3. The number of hydrogen-bond donors (Lipinski definition) is 1. The summed E-state index contributed by atoms with van der Waals surface area (Å²) >= 11 is 3.38. The Bertz CT molecular complexity index is 539. The molecule has 1 aliphatic carbocycles. The van der Waals surface area contributed by atoms with Crippen LogP contribution in [0.5, 0.6) is 5.75 Å². The van der Waals surface area contributed by atoms with Crippen molar-refractivity contribution in [1.82, 2.24) is 0 Å². The van der Waals surface area contributed by atoms with Crippen molar-refractivity contribution in [3.8, 4) is 5.75 Å². The number of benzene rings is 1. The van der Waals surface area contributed by atoms with Crippen molar-refractivity contribution in [2.45, 2.75) is 25.7 Å². The topological polar surface area (TPSA) is 69.4 Å². The smallest absolute Gasteiger partial charge is 0.209 e. The molecule has 1 aliphatic rings. The molecule has 0 radical (unpaired) electrons. The summed E-state index contributed by atoms with van der Waals surface area (Å²) in [4.78, 5) is 0. The van der Waals surface area contributed by atoms with E-state index in [9.17, 15) is 8.42 Å². The average Bonchev–Trinajstić information content (AvgIpc) is 2.73. The van der Waals surface area contributed by atoms with Gasteiger partial charge in [-0.2, -0.15) is 0 Å². The fraction of sp³-hybridized carbons (Fsp3) is 0.538. The maximum absolute atomic E-state index is 11.4. The highest BCUT2D eigenvalue weighted by Gasteiger charge is 2.38. The summed E-state index contributed by atoms with van der Waals surface area (Å²) in [6.45, 7) is 0.403. The molecular formula is C13H18BrNO3S. The van der Waals surface area contributed by atoms with Gasteiger partial charge in [0.2, 0.25) is 10.0 Å². The van der Waals surface area contributed by atoms with Crippen LogP contribution in [0.2, 0.25) is 0 Å². The lowest BCUT2D eigenvalue weighted by molar-refractivity contribution is 0.170. The van der Waals surface area contributed by atoms with Crippen LogP contribution < -0.4 is 9.88 Å². The Balaban J connectivity index is 2.05. The largest absolute Gasteiger partial charge is 0.493 e. The molecule has 6 heteroatoms. The average molecular weight is 348 g/mol. The lowest BCUT2D eigenvalue weighted by Crippen LogP contribution is -2.36. The van der Waals surface area contributed by atoms with Crippen molar-refractivity contribution in [2.24, 2.45) is 10.6 Å². The van der Waals surface area contributed by atoms with E-state index < -0.39 is 10.0 Å². The molecule has 0 atom stereocenters. The molecule has 0 unspecified atom stereocenters. The molecule has 106 valence electrons. The molecule has 0 heterocycles. The first-order valence-electron chi connectivity index (χ1n) is 6.28. The number of ether oxygens (including phenoxy) is 1. The predicted octanol–water partition coefficient (Wildman–Crippen LogP) is 2.68. The van der Waals surface area contributed by atoms with Crippen molar-refractivity contribution in [1.29, 1.82) is 0 Å². The highest BCUT2D eigenvalue weighted by molar-refractivity contribution is 9.10. The van der Waals surface area contributed by atoms with Crippen molar-refractivity contribution in [3.05, 3.63) is 28.7 Å². The molecule has 1 aromatic rings. The van der Waals surface area contributed by atoms with E-state index in [-0.39, 0.29) is 11.2 Å². The van der Waals surface area contributed by atoms with Crippen LogP contribution >= 0.6 is 15.9 Å². The van der Waals surface area contributed by atoms with Gasteiger partial charge in [-0.05, 0) is 31.0 Å². The first kappa shape index (κ1) is 14.8. The predicted molar refractivity (Wildman–Crippen MR) is 78.5 cm³/mol. The van der Waals surface area contributed by atoms with Gasteiger partial charge in [-0.25, -0.2) is 13.6 Å². The second-order valence-corrected chi connectivity index (χ2v) is 7.79. The van der Waals surface area contributed by atoms with Crippen LogP contribution in [0.1, 0.15) is 25.7 Å². The van der Waals surface area contributed by atoms with Gasteiger partial charge in [-0.1, -0.05) is 34.8 Å². The monoisotopic (exact) mass is 347 g/mol. The van der Waals surface area contributed by atoms with E-state index in [0.717, 1.165) is 35.9 Å². The van der Waals surface area contributed by atoms with Gasteiger partial charge in [0.05, 0.1) is 12.4 Å². The summed E-state index contributed by atoms with van der Waals surface area (Å²) in [7, 11) is -3.47. The zero-order chi connectivity index (χ0) is 13.9. The Labute approximate surface area is 122 Å². The zero-order valence-corrected chi connectivity index (χ0v) is 13.0. The number of nitrogens with two attached hydrogens (primary N) is 1. The van der Waals surface area contributed by atoms with Gasteiger partial charge in [-0.3, -0.25) is 0 Å². The number of rotatable bonds is 5. The summed E-state index contributed by atoms with van der Waals surface area (Å²) < 4.78 is 29.5. The van der Waals surface area contributed by atoms with Crippen molar-refractivity contribution in [2.75, 3.05) is 12.4 Å². The Kier molecular flexibility index (Phi) is 4.53. The van der Waals surface area contributed by atoms with Crippen LogP contribution in [0.25, 0.3) is 0 Å². The van der Waals surface area contributed by atoms with Gasteiger partial charge in [-0.15, -0.1) is 0 Å². The minimum absolute atomic E-state index is 0.00794. The second kappa shape index (κ2) is 5.81. The molecule has 0 spiro atoms. The van der Waals surface area contributed by atoms with Crippen LogP contribution in [0.4, 0.5) is 0 Å². The van der Waals surface area contributed by atoms with Gasteiger partial charge in [0, 0.05) is 9.89 Å². The Morgan fingerprint density at radius 2 is 2.00 bits per heavy atom. The van der Waals surface area contributed by atoms with Gasteiger partial charge < -0.3 is 4.74 Å². The summed E-state index contributed by atoms with van der Waals surface area (Å²) in [5, 5.41) is 5.20. The minimum Gasteiger partial charge on any atom is -0.493 e. The first-order valence-corrected chi connectivity index (χ1v) is 8.78. The summed E-state index contributed by atoms with van der Waals surface area (Å²) in [5.74, 6) is 0.753. The van der Waals surface area contributed by atoms with Gasteiger partial charge in [0.15, 0.2) is 0 Å². The zero-order valence-electron chi connectivity index (χ0n) is 10.6. The van der Waals surface area contributed by atoms with Crippen LogP contribution in [0.3, 0.4) is 0 Å². The Hall–Kier alpha value is -0.590. The third-order valence-corrected chi connectivity index (χ3v) is 5.02. The molecule has 2 N–H and O–H groups in total. The van der Waals surface area contributed by atoms with Gasteiger partial charge in [0.1, 0.15) is 5.75 Å². The van der Waals surface area contributed by atoms with Crippen LogP contribution in [0, 0.1) is 5.41 Å². The minimum atomic E-state index is -3.47. The molecule has 1 aromatic carbocycles. The quantitative estimate of drug-likeness (QED) is 0.889. The van der Waals surface area contributed by atoms with Gasteiger partial charge >= 0.3 is 0 Å². The lowest BCUT2D eigenvalue weighted by Gasteiger charge is -2.27. The molecule has 2 rings (SSSR count). The summed E-state index contributed by atoms with van der Waals surface area (Å²) in [6.07, 6.45) is 3.80. The SMILES string of the molecule is NS(=O)(=O)CC1(COc2cccc(Br)c2)CCCC1. The third kappa shape index (κ3) is 4.47. The third-order valence-electron chi connectivity index (χ3n) is 3.51. The Morgan fingerprint density at radius 3 is 2.58 bits per heavy atom. The van der Waals surface area contributed by atoms with E-state index in [1.807, 2.05) is 24.3 Å². The lowest BCUT2D eigenvalue weighted by atomic mass is 9.90. The fourth-order valence-corrected chi connectivity index (χ4v) is 4.28. The first-order chi connectivity index (χ1) is 8.89. The number of halogens is 1. The molecule has 1 fully saturated rings. The van der Waals surface area contributed by atoms with E-state index in [1.165, 1.54) is 0 Å². The highest BCUT2D eigenvalue weighted by Crippen LogP contribution is 2.39. The fourth-order valence-electron chi connectivity index (χ4n) is 2.68. The molecule has 0 amide bonds. The molecule has 0 saturated heterocycles. The summed E-state index contributed by atoms with van der Waals surface area (Å²) in [5.41, 5.74) is -0.324. The number of primary sulfonamides is 1. The molecule has 0 aliphatic heterocycles. The molecule has 4 nitrogen and oxygen atoms in total. The normalized spacial score (nSPS) is 18.4. The maximum Gasteiger partial charge on any atom is 0.209 e. The van der Waals surface area contributed by atoms with E-state index >= 15 is 0 Å². The Morgan fingerprint density at radius 1 is 1.32 bits per heavy atom. The van der Waals surface area contributed by atoms with Crippen molar-refractivity contribution < 1.29 is 13.2 Å².